The molecule has 0 aliphatic carbocycles. The van der Waals surface area contributed by atoms with Crippen molar-refractivity contribution in [3.63, 3.8) is 0 Å². The second-order valence-corrected chi connectivity index (χ2v) is 4.93. The molecule has 1 aliphatic rings. The minimum Gasteiger partial charge on any atom is -0.450 e. The predicted molar refractivity (Wildman–Crippen MR) is 72.9 cm³/mol. The van der Waals surface area contributed by atoms with Gasteiger partial charge in [0.05, 0.1) is 6.61 Å². The van der Waals surface area contributed by atoms with E-state index in [0.717, 1.165) is 0 Å². The minimum atomic E-state index is -4.66. The van der Waals surface area contributed by atoms with Gasteiger partial charge in [-0.05, 0) is 6.92 Å². The summed E-state index contributed by atoms with van der Waals surface area (Å²) in [6.07, 6.45) is -5.09. The zero-order chi connectivity index (χ0) is 16.3. The predicted octanol–water partition coefficient (Wildman–Crippen LogP) is 2.43. The number of carbonyl (C=O) groups excluding carboxylic acids is 1. The maximum Gasteiger partial charge on any atom is 0.451 e. The highest BCUT2D eigenvalue weighted by atomic mass is 35.5. The number of ether oxygens (including phenoxy) is 1. The number of hydrogen-bond acceptors (Lipinski definition) is 5. The molecule has 10 heteroatoms. The summed E-state index contributed by atoms with van der Waals surface area (Å²) in [6, 6.07) is 1.27. The summed E-state index contributed by atoms with van der Waals surface area (Å²) in [5.41, 5.74) is 0. The molecule has 1 saturated heterocycles. The third-order valence-corrected chi connectivity index (χ3v) is 3.26. The number of amides is 1. The van der Waals surface area contributed by atoms with E-state index in [-0.39, 0.29) is 17.6 Å². The van der Waals surface area contributed by atoms with Crippen molar-refractivity contribution in [3.05, 3.63) is 17.0 Å². The van der Waals surface area contributed by atoms with E-state index in [2.05, 4.69) is 9.97 Å². The number of hydrogen-bond donors (Lipinski definition) is 0. The van der Waals surface area contributed by atoms with Crippen LogP contribution in [0.15, 0.2) is 6.07 Å². The number of piperazine rings is 1. The molecule has 1 aromatic heterocycles. The molecule has 122 valence electrons. The normalized spacial score (nSPS) is 15.9. The van der Waals surface area contributed by atoms with Crippen LogP contribution in [0, 0.1) is 0 Å². The first kappa shape index (κ1) is 16.6. The topological polar surface area (TPSA) is 58.6 Å². The molecule has 1 fully saturated rings. The van der Waals surface area contributed by atoms with E-state index < -0.39 is 18.1 Å². The average molecular weight is 339 g/mol. The second kappa shape index (κ2) is 6.55. The van der Waals surface area contributed by atoms with E-state index in [1.807, 2.05) is 0 Å². The van der Waals surface area contributed by atoms with Crippen molar-refractivity contribution in [3.8, 4) is 0 Å². The van der Waals surface area contributed by atoms with Crippen molar-refractivity contribution < 1.29 is 22.7 Å². The van der Waals surface area contributed by atoms with E-state index in [0.29, 0.717) is 26.2 Å². The van der Waals surface area contributed by atoms with Gasteiger partial charge in [0, 0.05) is 32.2 Å². The first-order valence-electron chi connectivity index (χ1n) is 6.59. The molecule has 6 nitrogen and oxygen atoms in total. The quantitative estimate of drug-likeness (QED) is 0.775. The first-order valence-corrected chi connectivity index (χ1v) is 6.97. The van der Waals surface area contributed by atoms with Crippen LogP contribution in [0.4, 0.5) is 23.8 Å². The van der Waals surface area contributed by atoms with E-state index in [9.17, 15) is 18.0 Å². The molecular weight excluding hydrogens is 325 g/mol. The molecule has 0 radical (unpaired) electrons. The smallest absolute Gasteiger partial charge is 0.450 e. The lowest BCUT2D eigenvalue weighted by molar-refractivity contribution is -0.144. The Morgan fingerprint density at radius 1 is 1.32 bits per heavy atom. The van der Waals surface area contributed by atoms with Gasteiger partial charge in [-0.3, -0.25) is 0 Å². The largest absolute Gasteiger partial charge is 0.451 e. The van der Waals surface area contributed by atoms with Crippen LogP contribution >= 0.6 is 11.6 Å². The molecule has 0 saturated carbocycles. The van der Waals surface area contributed by atoms with Crippen molar-refractivity contribution in [2.24, 2.45) is 0 Å². The highest BCUT2D eigenvalue weighted by Crippen LogP contribution is 2.29. The van der Waals surface area contributed by atoms with Crippen LogP contribution in [0.25, 0.3) is 0 Å². The molecule has 0 unspecified atom stereocenters. The van der Waals surface area contributed by atoms with Gasteiger partial charge in [-0.25, -0.2) is 14.8 Å². The lowest BCUT2D eigenvalue weighted by Gasteiger charge is -2.34. The number of anilines is 1. The monoisotopic (exact) mass is 338 g/mol. The van der Waals surface area contributed by atoms with E-state index in [1.54, 1.807) is 11.8 Å². The molecule has 1 aliphatic heterocycles. The van der Waals surface area contributed by atoms with Gasteiger partial charge in [0.25, 0.3) is 0 Å². The number of aromatic nitrogens is 2. The third kappa shape index (κ3) is 3.90. The van der Waals surface area contributed by atoms with Gasteiger partial charge in [0.2, 0.25) is 5.82 Å². The number of carbonyl (C=O) groups is 1. The van der Waals surface area contributed by atoms with Crippen molar-refractivity contribution in [2.75, 3.05) is 37.7 Å². The molecule has 2 rings (SSSR count). The Hall–Kier alpha value is -1.77. The zero-order valence-corrected chi connectivity index (χ0v) is 12.5. The summed E-state index contributed by atoms with van der Waals surface area (Å²) in [5.74, 6) is -1.18. The molecule has 0 spiro atoms. The van der Waals surface area contributed by atoms with E-state index >= 15 is 0 Å². The number of alkyl halides is 3. The Kier molecular flexibility index (Phi) is 4.94. The summed E-state index contributed by atoms with van der Waals surface area (Å²) >= 11 is 5.63. The summed E-state index contributed by atoms with van der Waals surface area (Å²) < 4.78 is 43.0. The molecule has 22 heavy (non-hydrogen) atoms. The third-order valence-electron chi connectivity index (χ3n) is 3.06. The molecule has 0 N–H and O–H groups in total. The van der Waals surface area contributed by atoms with Crippen molar-refractivity contribution >= 4 is 23.5 Å². The fraction of sp³-hybridized carbons (Fsp3) is 0.583. The Balaban J connectivity index is 2.08. The SMILES string of the molecule is CCOC(=O)N1CCN(c2cc(Cl)nc(C(F)(F)F)n2)CC1. The van der Waals surface area contributed by atoms with Crippen LogP contribution in [0.3, 0.4) is 0 Å². The second-order valence-electron chi connectivity index (χ2n) is 4.54. The van der Waals surface area contributed by atoms with Crippen LogP contribution in [0.5, 0.6) is 0 Å². The van der Waals surface area contributed by atoms with E-state index in [4.69, 9.17) is 16.3 Å². The first-order chi connectivity index (χ1) is 10.3. The molecule has 0 aromatic carbocycles. The maximum atomic E-state index is 12.7. The van der Waals surface area contributed by atoms with Gasteiger partial charge >= 0.3 is 12.3 Å². The number of rotatable bonds is 2. The van der Waals surface area contributed by atoms with Crippen LogP contribution in [-0.4, -0.2) is 53.7 Å². The molecule has 0 bridgehead atoms. The molecule has 2 heterocycles. The summed E-state index contributed by atoms with van der Waals surface area (Å²) in [5, 5.41) is -0.273. The molecule has 1 amide bonds. The van der Waals surface area contributed by atoms with Crippen molar-refractivity contribution in [1.29, 1.82) is 0 Å². The van der Waals surface area contributed by atoms with Crippen LogP contribution in [0.2, 0.25) is 5.15 Å². The van der Waals surface area contributed by atoms with Crippen LogP contribution in [0.1, 0.15) is 12.7 Å². The highest BCUT2D eigenvalue weighted by Gasteiger charge is 2.36. The van der Waals surface area contributed by atoms with Gasteiger partial charge < -0.3 is 14.5 Å². The highest BCUT2D eigenvalue weighted by molar-refractivity contribution is 6.29. The number of halogens is 4. The number of nitrogens with zero attached hydrogens (tertiary/aromatic N) is 4. The molecule has 0 atom stereocenters. The van der Waals surface area contributed by atoms with Crippen molar-refractivity contribution in [1.82, 2.24) is 14.9 Å². The Bertz CT molecular complexity index is 548. The van der Waals surface area contributed by atoms with Crippen molar-refractivity contribution in [2.45, 2.75) is 13.1 Å². The van der Waals surface area contributed by atoms with Gasteiger partial charge in [0.15, 0.2) is 0 Å². The summed E-state index contributed by atoms with van der Waals surface area (Å²) in [4.78, 5) is 21.4. The van der Waals surface area contributed by atoms with Gasteiger partial charge in [-0.1, -0.05) is 11.6 Å². The standard InChI is InChI=1S/C12H14ClF3N4O2/c1-2-22-11(21)20-5-3-19(4-6-20)9-7-8(13)17-10(18-9)12(14,15)16/h7H,2-6H2,1H3. The summed E-state index contributed by atoms with van der Waals surface area (Å²) in [6.45, 7) is 3.32. The molecular formula is C12H14ClF3N4O2. The lowest BCUT2D eigenvalue weighted by Crippen LogP contribution is -2.49. The fourth-order valence-corrected chi connectivity index (χ4v) is 2.21. The molecule has 1 aromatic rings. The Morgan fingerprint density at radius 3 is 2.50 bits per heavy atom. The van der Waals surface area contributed by atoms with Gasteiger partial charge in [-0.15, -0.1) is 0 Å². The van der Waals surface area contributed by atoms with Gasteiger partial charge in [0.1, 0.15) is 11.0 Å². The zero-order valence-electron chi connectivity index (χ0n) is 11.7. The average Bonchev–Trinajstić information content (AvgIpc) is 2.46. The van der Waals surface area contributed by atoms with Crippen LogP contribution < -0.4 is 4.90 Å². The van der Waals surface area contributed by atoms with Gasteiger partial charge in [-0.2, -0.15) is 13.2 Å². The van der Waals surface area contributed by atoms with Crippen LogP contribution in [-0.2, 0) is 10.9 Å². The minimum absolute atomic E-state index is 0.0934. The van der Waals surface area contributed by atoms with E-state index in [1.165, 1.54) is 11.0 Å². The maximum absolute atomic E-state index is 12.7. The lowest BCUT2D eigenvalue weighted by atomic mass is 10.3. The summed E-state index contributed by atoms with van der Waals surface area (Å²) in [7, 11) is 0. The Labute approximate surface area is 129 Å². The fourth-order valence-electron chi connectivity index (χ4n) is 2.03. The Morgan fingerprint density at radius 2 is 1.95 bits per heavy atom.